The van der Waals surface area contributed by atoms with Crippen LogP contribution in [0.3, 0.4) is 0 Å². The lowest BCUT2D eigenvalue weighted by atomic mass is 9.81. The monoisotopic (exact) mass is 152 g/mol. The minimum absolute atomic E-state index is 0.122. The van der Waals surface area contributed by atoms with Gasteiger partial charge in [0.15, 0.2) is 0 Å². The molecule has 0 aromatic rings. The Kier molecular flexibility index (Phi) is 1.55. The van der Waals surface area contributed by atoms with Gasteiger partial charge in [0.05, 0.1) is 0 Å². The van der Waals surface area contributed by atoms with E-state index in [0.29, 0.717) is 36.7 Å². The van der Waals surface area contributed by atoms with Crippen molar-refractivity contribution in [3.63, 3.8) is 0 Å². The fourth-order valence-electron chi connectivity index (χ4n) is 2.33. The fraction of sp³-hybridized carbons (Fsp3) is 0.778. The molecule has 2 fully saturated rings. The van der Waals surface area contributed by atoms with Gasteiger partial charge in [-0.15, -0.1) is 0 Å². The molecule has 0 radical (unpaired) electrons. The van der Waals surface area contributed by atoms with Crippen molar-refractivity contribution in [3.8, 4) is 0 Å². The molecule has 2 aliphatic rings. The van der Waals surface area contributed by atoms with Crippen molar-refractivity contribution >= 4 is 11.6 Å². The molecule has 2 saturated carbocycles. The highest BCUT2D eigenvalue weighted by atomic mass is 16.1. The van der Waals surface area contributed by atoms with Crippen LogP contribution in [0, 0.1) is 11.8 Å². The minimum atomic E-state index is 0.122. The van der Waals surface area contributed by atoms with Crippen molar-refractivity contribution in [2.24, 2.45) is 11.8 Å². The molecule has 60 valence electrons. The summed E-state index contributed by atoms with van der Waals surface area (Å²) >= 11 is 0. The van der Waals surface area contributed by atoms with E-state index >= 15 is 0 Å². The van der Waals surface area contributed by atoms with Gasteiger partial charge >= 0.3 is 0 Å². The highest BCUT2D eigenvalue weighted by molar-refractivity contribution is 5.92. The van der Waals surface area contributed by atoms with Crippen LogP contribution in [-0.2, 0) is 9.59 Å². The van der Waals surface area contributed by atoms with Crippen molar-refractivity contribution in [2.75, 3.05) is 0 Å². The molecule has 0 aliphatic heterocycles. The van der Waals surface area contributed by atoms with Crippen LogP contribution >= 0.6 is 0 Å². The largest absolute Gasteiger partial charge is 0.300 e. The summed E-state index contributed by atoms with van der Waals surface area (Å²) in [5.41, 5.74) is 0. The van der Waals surface area contributed by atoms with Gasteiger partial charge in [-0.25, -0.2) is 0 Å². The summed E-state index contributed by atoms with van der Waals surface area (Å²) in [6.45, 7) is 0. The standard InChI is InChI=1S/C9H12O2/c10-7-4-6-2-1-3-9(11)8(6)5-7/h6,8H,1-5H2. The Morgan fingerprint density at radius 3 is 2.73 bits per heavy atom. The van der Waals surface area contributed by atoms with Crippen molar-refractivity contribution in [1.29, 1.82) is 0 Å². The van der Waals surface area contributed by atoms with Gasteiger partial charge in [-0.2, -0.15) is 0 Å². The summed E-state index contributed by atoms with van der Waals surface area (Å²) < 4.78 is 0. The number of hydrogen-bond acceptors (Lipinski definition) is 2. The van der Waals surface area contributed by atoms with E-state index in [1.165, 1.54) is 0 Å². The summed E-state index contributed by atoms with van der Waals surface area (Å²) in [5, 5.41) is 0. The van der Waals surface area contributed by atoms with Gasteiger partial charge < -0.3 is 0 Å². The van der Waals surface area contributed by atoms with Crippen LogP contribution in [0.25, 0.3) is 0 Å². The van der Waals surface area contributed by atoms with E-state index < -0.39 is 0 Å². The zero-order valence-electron chi connectivity index (χ0n) is 6.51. The third-order valence-electron chi connectivity index (χ3n) is 2.92. The first-order valence-electron chi connectivity index (χ1n) is 4.32. The Balaban J connectivity index is 2.15. The average molecular weight is 152 g/mol. The van der Waals surface area contributed by atoms with Gasteiger partial charge in [0.2, 0.25) is 0 Å². The first-order valence-corrected chi connectivity index (χ1v) is 4.32. The maximum atomic E-state index is 11.3. The molecule has 0 aromatic carbocycles. The lowest BCUT2D eigenvalue weighted by Gasteiger charge is -2.22. The lowest BCUT2D eigenvalue weighted by molar-refractivity contribution is -0.126. The van der Waals surface area contributed by atoms with Crippen LogP contribution < -0.4 is 0 Å². The number of hydrogen-bond donors (Lipinski definition) is 0. The Hall–Kier alpha value is -0.660. The smallest absolute Gasteiger partial charge is 0.136 e. The van der Waals surface area contributed by atoms with Gasteiger partial charge in [-0.3, -0.25) is 9.59 Å². The zero-order valence-corrected chi connectivity index (χ0v) is 6.51. The molecule has 2 unspecified atom stereocenters. The van der Waals surface area contributed by atoms with Gasteiger partial charge in [0.1, 0.15) is 11.6 Å². The molecule has 0 bridgehead atoms. The number of carbonyl (C=O) groups excluding carboxylic acids is 2. The molecule has 2 atom stereocenters. The molecule has 0 spiro atoms. The number of fused-ring (bicyclic) bond motifs is 1. The lowest BCUT2D eigenvalue weighted by Crippen LogP contribution is -2.23. The molecule has 2 nitrogen and oxygen atoms in total. The Labute approximate surface area is 66.0 Å². The highest BCUT2D eigenvalue weighted by Gasteiger charge is 2.39. The number of ketones is 2. The summed E-state index contributed by atoms with van der Waals surface area (Å²) in [5.74, 6) is 1.18. The van der Waals surface area contributed by atoms with Crippen molar-refractivity contribution < 1.29 is 9.59 Å². The Bertz CT molecular complexity index is 208. The maximum Gasteiger partial charge on any atom is 0.136 e. The summed E-state index contributed by atoms with van der Waals surface area (Å²) in [6.07, 6.45) is 4.05. The summed E-state index contributed by atoms with van der Waals surface area (Å²) in [6, 6.07) is 0. The van der Waals surface area contributed by atoms with Crippen LogP contribution in [0.1, 0.15) is 32.1 Å². The van der Waals surface area contributed by atoms with E-state index in [9.17, 15) is 9.59 Å². The molecule has 0 amide bonds. The Morgan fingerprint density at radius 2 is 2.00 bits per heavy atom. The van der Waals surface area contributed by atoms with Gasteiger partial charge in [0, 0.05) is 25.2 Å². The summed E-state index contributed by atoms with van der Waals surface area (Å²) in [4.78, 5) is 22.3. The normalized spacial score (nSPS) is 37.5. The van der Waals surface area contributed by atoms with E-state index in [2.05, 4.69) is 0 Å². The van der Waals surface area contributed by atoms with Crippen LogP contribution in [0.15, 0.2) is 0 Å². The second-order valence-electron chi connectivity index (χ2n) is 3.67. The van der Waals surface area contributed by atoms with E-state index in [4.69, 9.17) is 0 Å². The minimum Gasteiger partial charge on any atom is -0.300 e. The van der Waals surface area contributed by atoms with E-state index in [-0.39, 0.29) is 5.92 Å². The molecule has 2 rings (SSSR count). The van der Waals surface area contributed by atoms with Crippen molar-refractivity contribution in [3.05, 3.63) is 0 Å². The van der Waals surface area contributed by atoms with E-state index in [1.807, 2.05) is 0 Å². The van der Waals surface area contributed by atoms with E-state index in [0.717, 1.165) is 12.8 Å². The molecular formula is C9H12O2. The molecule has 0 heterocycles. The predicted molar refractivity (Wildman–Crippen MR) is 40.1 cm³/mol. The number of carbonyl (C=O) groups is 2. The first kappa shape index (κ1) is 7.01. The van der Waals surface area contributed by atoms with Crippen LogP contribution in [-0.4, -0.2) is 11.6 Å². The van der Waals surface area contributed by atoms with Crippen LogP contribution in [0.2, 0.25) is 0 Å². The quantitative estimate of drug-likeness (QED) is 0.524. The van der Waals surface area contributed by atoms with Gasteiger partial charge in [-0.05, 0) is 18.8 Å². The molecular weight excluding hydrogens is 140 g/mol. The fourth-order valence-corrected chi connectivity index (χ4v) is 2.33. The van der Waals surface area contributed by atoms with Crippen molar-refractivity contribution in [2.45, 2.75) is 32.1 Å². The predicted octanol–water partition coefficient (Wildman–Crippen LogP) is 1.33. The average Bonchev–Trinajstić information content (AvgIpc) is 2.31. The van der Waals surface area contributed by atoms with Crippen molar-refractivity contribution in [1.82, 2.24) is 0 Å². The molecule has 2 heteroatoms. The van der Waals surface area contributed by atoms with E-state index in [1.54, 1.807) is 0 Å². The molecule has 0 saturated heterocycles. The topological polar surface area (TPSA) is 34.1 Å². The molecule has 0 N–H and O–H groups in total. The SMILES string of the molecule is O=C1CC2CCCC(=O)C2C1. The first-order chi connectivity index (χ1) is 5.27. The van der Waals surface area contributed by atoms with Gasteiger partial charge in [0.25, 0.3) is 0 Å². The van der Waals surface area contributed by atoms with Crippen LogP contribution in [0.4, 0.5) is 0 Å². The molecule has 0 aromatic heterocycles. The highest BCUT2D eigenvalue weighted by Crippen LogP contribution is 2.38. The maximum absolute atomic E-state index is 11.3. The number of Topliss-reactive ketones (excluding diaryl/α,β-unsaturated/α-hetero) is 2. The second-order valence-corrected chi connectivity index (χ2v) is 3.67. The van der Waals surface area contributed by atoms with Gasteiger partial charge in [-0.1, -0.05) is 0 Å². The zero-order chi connectivity index (χ0) is 7.84. The number of rotatable bonds is 0. The molecule has 11 heavy (non-hydrogen) atoms. The third-order valence-corrected chi connectivity index (χ3v) is 2.92. The second kappa shape index (κ2) is 2.43. The van der Waals surface area contributed by atoms with Crippen LogP contribution in [0.5, 0.6) is 0 Å². The Morgan fingerprint density at radius 1 is 1.18 bits per heavy atom. The third kappa shape index (κ3) is 1.10. The summed E-state index contributed by atoms with van der Waals surface area (Å²) in [7, 11) is 0. The molecule has 2 aliphatic carbocycles.